The van der Waals surface area contributed by atoms with E-state index in [0.717, 1.165) is 12.8 Å². The molecule has 2 fully saturated rings. The van der Waals surface area contributed by atoms with E-state index in [0.29, 0.717) is 13.2 Å². The van der Waals surface area contributed by atoms with Crippen LogP contribution in [0.15, 0.2) is 66.8 Å². The molecule has 0 amide bonds. The molecule has 2 heterocycles. The van der Waals surface area contributed by atoms with Gasteiger partial charge in [-0.25, -0.2) is 0 Å². The van der Waals surface area contributed by atoms with Gasteiger partial charge in [0, 0.05) is 6.42 Å². The maximum atomic E-state index is 6.22. The average molecular weight is 310 g/mol. The van der Waals surface area contributed by atoms with E-state index in [2.05, 4.69) is 54.6 Å². The van der Waals surface area contributed by atoms with Crippen molar-refractivity contribution in [2.45, 2.75) is 36.8 Å². The van der Waals surface area contributed by atoms with E-state index in [-0.39, 0.29) is 5.60 Å². The Hall–Kier alpha value is -1.68. The smallest absolute Gasteiger partial charge is 0.201 e. The number of rotatable bonds is 5. The Morgan fingerprint density at radius 2 is 1.74 bits per heavy atom. The van der Waals surface area contributed by atoms with Gasteiger partial charge >= 0.3 is 0 Å². The standard InChI is InChI=1S/C20H22O3/c1-18(21-15-16-22-18)20-14-8-7-13-19(20,23-20)12-6-5-11-17-9-3-2-4-10-17/h2-10,13-14H,11-12,15-16H2,1H3. The summed E-state index contributed by atoms with van der Waals surface area (Å²) >= 11 is 0. The molecule has 2 aliphatic heterocycles. The average Bonchev–Trinajstić information content (AvgIpc) is 3.09. The third-order valence-electron chi connectivity index (χ3n) is 5.03. The second-order valence-corrected chi connectivity index (χ2v) is 6.45. The molecule has 4 rings (SSSR count). The Labute approximate surface area is 137 Å². The van der Waals surface area contributed by atoms with Crippen LogP contribution in [0.5, 0.6) is 0 Å². The summed E-state index contributed by atoms with van der Waals surface area (Å²) in [5.41, 5.74) is 0.480. The van der Waals surface area contributed by atoms with Crippen molar-refractivity contribution in [1.29, 1.82) is 0 Å². The number of hydrogen-bond donors (Lipinski definition) is 0. The lowest BCUT2D eigenvalue weighted by atomic mass is 9.80. The summed E-state index contributed by atoms with van der Waals surface area (Å²) in [6, 6.07) is 10.5. The number of ether oxygens (including phenoxy) is 3. The molecule has 2 saturated heterocycles. The van der Waals surface area contributed by atoms with Crippen molar-refractivity contribution in [3.05, 3.63) is 72.4 Å². The minimum absolute atomic E-state index is 0.339. The summed E-state index contributed by atoms with van der Waals surface area (Å²) in [7, 11) is 0. The van der Waals surface area contributed by atoms with Crippen molar-refractivity contribution < 1.29 is 14.2 Å². The molecule has 0 spiro atoms. The van der Waals surface area contributed by atoms with E-state index in [9.17, 15) is 0 Å². The lowest BCUT2D eigenvalue weighted by Gasteiger charge is -2.30. The van der Waals surface area contributed by atoms with Gasteiger partial charge in [-0.15, -0.1) is 0 Å². The fourth-order valence-electron chi connectivity index (χ4n) is 3.71. The molecule has 120 valence electrons. The van der Waals surface area contributed by atoms with Crippen molar-refractivity contribution in [2.24, 2.45) is 0 Å². The molecule has 3 aliphatic rings. The first-order valence-electron chi connectivity index (χ1n) is 8.24. The first-order valence-corrected chi connectivity index (χ1v) is 8.24. The van der Waals surface area contributed by atoms with Gasteiger partial charge in [0.25, 0.3) is 0 Å². The molecule has 0 bridgehead atoms. The molecular formula is C20H22O3. The number of allylic oxidation sites excluding steroid dienone is 3. The lowest BCUT2D eigenvalue weighted by Crippen LogP contribution is -2.47. The first-order chi connectivity index (χ1) is 11.2. The Morgan fingerprint density at radius 3 is 2.52 bits per heavy atom. The highest BCUT2D eigenvalue weighted by molar-refractivity contribution is 5.43. The van der Waals surface area contributed by atoms with Gasteiger partial charge in [-0.05, 0) is 31.1 Å². The topological polar surface area (TPSA) is 31.0 Å². The third-order valence-corrected chi connectivity index (χ3v) is 5.03. The van der Waals surface area contributed by atoms with Gasteiger partial charge in [0.05, 0.1) is 13.2 Å². The Kier molecular flexibility index (Phi) is 3.52. The second-order valence-electron chi connectivity index (χ2n) is 6.45. The van der Waals surface area contributed by atoms with Gasteiger partial charge in [0.2, 0.25) is 5.79 Å². The monoisotopic (exact) mass is 310 g/mol. The lowest BCUT2D eigenvalue weighted by molar-refractivity contribution is -0.177. The van der Waals surface area contributed by atoms with Crippen LogP contribution in [0, 0.1) is 0 Å². The number of epoxide rings is 1. The predicted octanol–water partition coefficient (Wildman–Crippen LogP) is 3.57. The molecule has 0 radical (unpaired) electrons. The second kappa shape index (κ2) is 5.45. The fraction of sp³-hybridized carbons (Fsp3) is 0.400. The van der Waals surface area contributed by atoms with Gasteiger partial charge in [0.1, 0.15) is 5.60 Å². The van der Waals surface area contributed by atoms with E-state index in [1.807, 2.05) is 19.1 Å². The molecule has 1 aliphatic carbocycles. The van der Waals surface area contributed by atoms with Crippen LogP contribution in [0.3, 0.4) is 0 Å². The van der Waals surface area contributed by atoms with E-state index in [1.54, 1.807) is 0 Å². The van der Waals surface area contributed by atoms with Crippen LogP contribution < -0.4 is 0 Å². The fourth-order valence-corrected chi connectivity index (χ4v) is 3.71. The predicted molar refractivity (Wildman–Crippen MR) is 89.0 cm³/mol. The summed E-state index contributed by atoms with van der Waals surface area (Å²) in [6.45, 7) is 3.23. The number of benzene rings is 1. The molecule has 1 aromatic rings. The zero-order chi connectivity index (χ0) is 15.8. The maximum Gasteiger partial charge on any atom is 0.201 e. The van der Waals surface area contributed by atoms with E-state index in [4.69, 9.17) is 14.2 Å². The van der Waals surface area contributed by atoms with Crippen molar-refractivity contribution in [3.8, 4) is 0 Å². The van der Waals surface area contributed by atoms with Crippen molar-refractivity contribution in [2.75, 3.05) is 13.2 Å². The number of fused-ring (bicyclic) bond motifs is 1. The summed E-state index contributed by atoms with van der Waals surface area (Å²) in [5.74, 6) is -0.693. The van der Waals surface area contributed by atoms with Gasteiger partial charge < -0.3 is 14.2 Å². The first kappa shape index (κ1) is 14.9. The van der Waals surface area contributed by atoms with Crippen LogP contribution >= 0.6 is 0 Å². The normalized spacial score (nSPS) is 34.0. The van der Waals surface area contributed by atoms with Crippen LogP contribution in [0.1, 0.15) is 18.9 Å². The van der Waals surface area contributed by atoms with Crippen LogP contribution in [0.4, 0.5) is 0 Å². The van der Waals surface area contributed by atoms with Crippen molar-refractivity contribution in [1.82, 2.24) is 0 Å². The quantitative estimate of drug-likeness (QED) is 0.615. The summed E-state index contributed by atoms with van der Waals surface area (Å²) in [4.78, 5) is 0. The summed E-state index contributed by atoms with van der Waals surface area (Å²) in [6.07, 6.45) is 14.5. The molecule has 23 heavy (non-hydrogen) atoms. The Morgan fingerprint density at radius 1 is 1.00 bits per heavy atom. The molecule has 3 nitrogen and oxygen atoms in total. The van der Waals surface area contributed by atoms with Gasteiger partial charge in [-0.1, -0.05) is 54.6 Å². The van der Waals surface area contributed by atoms with Crippen molar-refractivity contribution >= 4 is 0 Å². The summed E-state index contributed by atoms with van der Waals surface area (Å²) < 4.78 is 18.0. The van der Waals surface area contributed by atoms with Crippen molar-refractivity contribution in [3.63, 3.8) is 0 Å². The Balaban J connectivity index is 1.46. The third kappa shape index (κ3) is 2.31. The van der Waals surface area contributed by atoms with E-state index in [1.165, 1.54) is 5.56 Å². The highest BCUT2D eigenvalue weighted by Gasteiger charge is 2.77. The molecule has 2 unspecified atom stereocenters. The van der Waals surface area contributed by atoms with Gasteiger partial charge in [-0.2, -0.15) is 0 Å². The van der Waals surface area contributed by atoms with E-state index < -0.39 is 11.4 Å². The molecule has 1 aromatic carbocycles. The van der Waals surface area contributed by atoms with Crippen LogP contribution in [0.2, 0.25) is 0 Å². The largest absolute Gasteiger partial charge is 0.347 e. The van der Waals surface area contributed by atoms with Gasteiger partial charge in [0.15, 0.2) is 5.60 Å². The molecule has 0 saturated carbocycles. The number of hydrogen-bond acceptors (Lipinski definition) is 3. The van der Waals surface area contributed by atoms with Crippen LogP contribution in [0.25, 0.3) is 0 Å². The molecule has 0 N–H and O–H groups in total. The van der Waals surface area contributed by atoms with Crippen LogP contribution in [-0.4, -0.2) is 30.2 Å². The Bertz CT molecular complexity index is 655. The van der Waals surface area contributed by atoms with Crippen LogP contribution in [-0.2, 0) is 20.6 Å². The minimum Gasteiger partial charge on any atom is -0.347 e. The SMILES string of the molecule is CC1(C23C=CC=CC2(CC=CCc2ccccc2)O3)OCCO1. The zero-order valence-electron chi connectivity index (χ0n) is 13.4. The molecule has 3 heteroatoms. The molecular weight excluding hydrogens is 288 g/mol. The molecule has 0 aromatic heterocycles. The highest BCUT2D eigenvalue weighted by Crippen LogP contribution is 2.62. The van der Waals surface area contributed by atoms with Gasteiger partial charge in [-0.3, -0.25) is 0 Å². The maximum absolute atomic E-state index is 6.22. The summed E-state index contributed by atoms with van der Waals surface area (Å²) in [5, 5.41) is 0. The molecule has 2 atom stereocenters. The zero-order valence-corrected chi connectivity index (χ0v) is 13.4. The highest BCUT2D eigenvalue weighted by atomic mass is 16.8. The van der Waals surface area contributed by atoms with E-state index >= 15 is 0 Å². The minimum atomic E-state index is -0.693.